The summed E-state index contributed by atoms with van der Waals surface area (Å²) in [6, 6.07) is 4.50. The molecule has 3 rings (SSSR count). The predicted octanol–water partition coefficient (Wildman–Crippen LogP) is 2.18. The van der Waals surface area contributed by atoms with Gasteiger partial charge in [-0.25, -0.2) is 15.0 Å². The van der Waals surface area contributed by atoms with Crippen LogP contribution in [0.1, 0.15) is 16.8 Å². The van der Waals surface area contributed by atoms with Gasteiger partial charge in [0.1, 0.15) is 22.5 Å². The van der Waals surface area contributed by atoms with Crippen molar-refractivity contribution in [3.8, 4) is 0 Å². The number of hydrogen-bond acceptors (Lipinski definition) is 6. The third-order valence-electron chi connectivity index (χ3n) is 3.61. The highest BCUT2D eigenvalue weighted by molar-refractivity contribution is 6.33. The summed E-state index contributed by atoms with van der Waals surface area (Å²) in [7, 11) is 0. The number of pyridine rings is 1. The summed E-state index contributed by atoms with van der Waals surface area (Å²) in [5.74, 6) is 0.414. The zero-order valence-corrected chi connectivity index (χ0v) is 14.1. The minimum Gasteiger partial charge on any atom is -0.379 e. The second kappa shape index (κ2) is 7.74. The van der Waals surface area contributed by atoms with Crippen molar-refractivity contribution in [2.75, 3.05) is 18.5 Å². The Hall–Kier alpha value is -1.96. The second-order valence-corrected chi connectivity index (χ2v) is 6.06. The lowest BCUT2D eigenvalue weighted by molar-refractivity contribution is 0.0620. The highest BCUT2D eigenvalue weighted by atomic mass is 35.5. The Kier molecular flexibility index (Phi) is 5.44. The molecule has 1 saturated heterocycles. The normalized spacial score (nSPS) is 20.4. The van der Waals surface area contributed by atoms with E-state index < -0.39 is 0 Å². The van der Waals surface area contributed by atoms with E-state index in [-0.39, 0.29) is 28.3 Å². The van der Waals surface area contributed by atoms with Gasteiger partial charge in [0.2, 0.25) is 0 Å². The van der Waals surface area contributed by atoms with Gasteiger partial charge in [0.25, 0.3) is 5.91 Å². The minimum atomic E-state index is -0.261. The molecule has 0 spiro atoms. The fourth-order valence-electron chi connectivity index (χ4n) is 2.47. The summed E-state index contributed by atoms with van der Waals surface area (Å²) in [5, 5.41) is 6.60. The van der Waals surface area contributed by atoms with E-state index in [9.17, 15) is 4.79 Å². The van der Waals surface area contributed by atoms with E-state index in [1.165, 1.54) is 18.5 Å². The van der Waals surface area contributed by atoms with Crippen molar-refractivity contribution in [1.82, 2.24) is 20.3 Å². The van der Waals surface area contributed by atoms with Crippen LogP contribution in [-0.4, -0.2) is 46.2 Å². The highest BCUT2D eigenvalue weighted by Crippen LogP contribution is 2.17. The Balaban J connectivity index is 1.70. The number of nitrogens with one attached hydrogen (secondary N) is 2. The first-order chi connectivity index (χ1) is 11.6. The van der Waals surface area contributed by atoms with E-state index >= 15 is 0 Å². The number of hydrogen-bond donors (Lipinski definition) is 2. The van der Waals surface area contributed by atoms with E-state index in [4.69, 9.17) is 27.9 Å². The Morgan fingerprint density at radius 1 is 1.25 bits per heavy atom. The van der Waals surface area contributed by atoms with Gasteiger partial charge in [-0.2, -0.15) is 0 Å². The van der Waals surface area contributed by atoms with Crippen LogP contribution in [0.4, 0.5) is 5.82 Å². The van der Waals surface area contributed by atoms with Gasteiger partial charge in [-0.05, 0) is 24.6 Å². The maximum Gasteiger partial charge on any atom is 0.251 e. The molecular formula is C15H15Cl2N5O2. The molecule has 1 aliphatic heterocycles. The minimum absolute atomic E-state index is 0.106. The van der Waals surface area contributed by atoms with Crippen molar-refractivity contribution in [2.24, 2.45) is 0 Å². The Bertz CT molecular complexity index is 696. The number of rotatable bonds is 4. The summed E-state index contributed by atoms with van der Waals surface area (Å²) in [4.78, 5) is 24.3. The van der Waals surface area contributed by atoms with Gasteiger partial charge in [-0.15, -0.1) is 0 Å². The Labute approximate surface area is 148 Å². The van der Waals surface area contributed by atoms with Crippen molar-refractivity contribution >= 4 is 34.9 Å². The quantitative estimate of drug-likeness (QED) is 0.805. The average molecular weight is 368 g/mol. The van der Waals surface area contributed by atoms with Crippen LogP contribution in [0, 0.1) is 0 Å². The molecule has 126 valence electrons. The molecule has 2 atom stereocenters. The fourth-order valence-corrected chi connectivity index (χ4v) is 2.93. The number of amides is 1. The van der Waals surface area contributed by atoms with Gasteiger partial charge in [-0.1, -0.05) is 23.2 Å². The lowest BCUT2D eigenvalue weighted by Gasteiger charge is -2.33. The van der Waals surface area contributed by atoms with E-state index in [0.717, 1.165) is 0 Å². The van der Waals surface area contributed by atoms with Crippen LogP contribution in [0.5, 0.6) is 0 Å². The molecule has 1 aliphatic rings. The monoisotopic (exact) mass is 367 g/mol. The maximum absolute atomic E-state index is 12.5. The average Bonchev–Trinajstić information content (AvgIpc) is 2.56. The van der Waals surface area contributed by atoms with Gasteiger partial charge in [0, 0.05) is 18.4 Å². The van der Waals surface area contributed by atoms with Crippen LogP contribution >= 0.6 is 23.2 Å². The molecule has 24 heavy (non-hydrogen) atoms. The molecule has 1 fully saturated rings. The molecule has 2 aromatic heterocycles. The molecule has 0 radical (unpaired) electrons. The van der Waals surface area contributed by atoms with Crippen molar-refractivity contribution < 1.29 is 9.53 Å². The number of aromatic nitrogens is 3. The second-order valence-electron chi connectivity index (χ2n) is 5.29. The lowest BCUT2D eigenvalue weighted by Crippen LogP contribution is -2.52. The zero-order chi connectivity index (χ0) is 16.9. The SMILES string of the molecule is O=C(N[C@@H]1CCOC[C@@H]1Nc1ccncn1)c1cc(Cl)nc(Cl)c1. The zero-order valence-electron chi connectivity index (χ0n) is 12.6. The molecule has 0 aliphatic carbocycles. The van der Waals surface area contributed by atoms with Gasteiger partial charge < -0.3 is 15.4 Å². The molecule has 1 amide bonds. The Morgan fingerprint density at radius 2 is 2.04 bits per heavy atom. The first-order valence-electron chi connectivity index (χ1n) is 7.36. The number of carbonyl (C=O) groups excluding carboxylic acids is 1. The molecule has 2 N–H and O–H groups in total. The summed E-state index contributed by atoms with van der Waals surface area (Å²) in [5.41, 5.74) is 0.368. The molecule has 0 unspecified atom stereocenters. The molecule has 2 aromatic rings. The van der Waals surface area contributed by atoms with Crippen molar-refractivity contribution in [3.63, 3.8) is 0 Å². The standard InChI is InChI=1S/C15H15Cl2N5O2/c16-12-5-9(6-13(17)22-12)15(23)21-10-2-4-24-7-11(10)20-14-1-3-18-8-19-14/h1,3,5-6,8,10-11H,2,4,7H2,(H,21,23)(H,18,19,20)/t10-,11+/m1/s1. The smallest absolute Gasteiger partial charge is 0.251 e. The van der Waals surface area contributed by atoms with E-state index in [1.807, 2.05) is 0 Å². The van der Waals surface area contributed by atoms with E-state index in [2.05, 4.69) is 25.6 Å². The van der Waals surface area contributed by atoms with Crippen LogP contribution in [-0.2, 0) is 4.74 Å². The summed E-state index contributed by atoms with van der Waals surface area (Å²) >= 11 is 11.7. The summed E-state index contributed by atoms with van der Waals surface area (Å²) in [6.45, 7) is 1.04. The van der Waals surface area contributed by atoms with Gasteiger partial charge in [0.15, 0.2) is 0 Å². The van der Waals surface area contributed by atoms with Gasteiger partial charge in [0.05, 0.1) is 18.7 Å². The largest absolute Gasteiger partial charge is 0.379 e. The number of ether oxygens (including phenoxy) is 1. The van der Waals surface area contributed by atoms with Gasteiger partial charge >= 0.3 is 0 Å². The highest BCUT2D eigenvalue weighted by Gasteiger charge is 2.28. The summed E-state index contributed by atoms with van der Waals surface area (Å²) in [6.07, 6.45) is 3.79. The molecule has 3 heterocycles. The van der Waals surface area contributed by atoms with Crippen LogP contribution < -0.4 is 10.6 Å². The topological polar surface area (TPSA) is 89.0 Å². The van der Waals surface area contributed by atoms with Crippen molar-refractivity contribution in [3.05, 3.63) is 46.6 Å². The lowest BCUT2D eigenvalue weighted by atomic mass is 10.0. The van der Waals surface area contributed by atoms with E-state index in [0.29, 0.717) is 31.0 Å². The van der Waals surface area contributed by atoms with Crippen molar-refractivity contribution in [1.29, 1.82) is 0 Å². The predicted molar refractivity (Wildman–Crippen MR) is 90.4 cm³/mol. The van der Waals surface area contributed by atoms with Crippen LogP contribution in [0.2, 0.25) is 10.3 Å². The van der Waals surface area contributed by atoms with Crippen LogP contribution in [0.3, 0.4) is 0 Å². The number of halogens is 2. The van der Waals surface area contributed by atoms with Crippen molar-refractivity contribution in [2.45, 2.75) is 18.5 Å². The van der Waals surface area contributed by atoms with Crippen LogP contribution in [0.25, 0.3) is 0 Å². The molecule has 0 saturated carbocycles. The molecule has 0 bridgehead atoms. The number of anilines is 1. The molecular weight excluding hydrogens is 353 g/mol. The first-order valence-corrected chi connectivity index (χ1v) is 8.11. The van der Waals surface area contributed by atoms with Gasteiger partial charge in [-0.3, -0.25) is 4.79 Å². The molecule has 0 aromatic carbocycles. The maximum atomic E-state index is 12.5. The first kappa shape index (κ1) is 16.9. The van der Waals surface area contributed by atoms with Crippen LogP contribution in [0.15, 0.2) is 30.7 Å². The third kappa shape index (κ3) is 4.31. The molecule has 9 heteroatoms. The summed E-state index contributed by atoms with van der Waals surface area (Å²) < 4.78 is 5.50. The fraction of sp³-hybridized carbons (Fsp3) is 0.333. The molecule has 7 nitrogen and oxygen atoms in total. The number of carbonyl (C=O) groups is 1. The third-order valence-corrected chi connectivity index (χ3v) is 4.00. The Morgan fingerprint density at radius 3 is 2.75 bits per heavy atom. The number of nitrogens with zero attached hydrogens (tertiary/aromatic N) is 3. The van der Waals surface area contributed by atoms with E-state index in [1.54, 1.807) is 12.3 Å².